The lowest BCUT2D eigenvalue weighted by atomic mass is 9.88. The Balaban J connectivity index is 1.79. The van der Waals surface area contributed by atoms with E-state index in [2.05, 4.69) is 23.1 Å². The lowest BCUT2D eigenvalue weighted by molar-refractivity contribution is -0.137. The van der Waals surface area contributed by atoms with E-state index in [-0.39, 0.29) is 11.8 Å². The second kappa shape index (κ2) is 5.54. The molecule has 20 heavy (non-hydrogen) atoms. The van der Waals surface area contributed by atoms with Gasteiger partial charge in [0.05, 0.1) is 19.6 Å². The van der Waals surface area contributed by atoms with E-state index in [1.54, 1.807) is 0 Å². The smallest absolute Gasteiger partial charge is 0.304 e. The Bertz CT molecular complexity index is 490. The van der Waals surface area contributed by atoms with Gasteiger partial charge >= 0.3 is 5.97 Å². The summed E-state index contributed by atoms with van der Waals surface area (Å²) in [5, 5.41) is 9.14. The first-order chi connectivity index (χ1) is 9.70. The zero-order valence-electron chi connectivity index (χ0n) is 11.7. The highest BCUT2D eigenvalue weighted by Gasteiger charge is 2.47. The average Bonchev–Trinajstić information content (AvgIpc) is 3.20. The quantitative estimate of drug-likeness (QED) is 0.893. The van der Waals surface area contributed by atoms with E-state index in [4.69, 9.17) is 9.84 Å². The van der Waals surface area contributed by atoms with E-state index in [0.29, 0.717) is 0 Å². The second-order valence-electron chi connectivity index (χ2n) is 5.90. The molecule has 2 fully saturated rings. The minimum Gasteiger partial charge on any atom is -0.481 e. The fourth-order valence-corrected chi connectivity index (χ4v) is 3.16. The molecule has 0 unspecified atom stereocenters. The van der Waals surface area contributed by atoms with Gasteiger partial charge in [-0.15, -0.1) is 0 Å². The number of hydrogen-bond acceptors (Lipinski definition) is 3. The molecule has 1 aliphatic carbocycles. The molecule has 2 aliphatic rings. The summed E-state index contributed by atoms with van der Waals surface area (Å²) in [6.45, 7) is 4.41. The summed E-state index contributed by atoms with van der Waals surface area (Å²) >= 11 is 0. The predicted molar refractivity (Wildman–Crippen MR) is 75.7 cm³/mol. The highest BCUT2D eigenvalue weighted by molar-refractivity contribution is 5.70. The van der Waals surface area contributed by atoms with Gasteiger partial charge in [-0.3, -0.25) is 9.69 Å². The van der Waals surface area contributed by atoms with Gasteiger partial charge in [0.15, 0.2) is 0 Å². The Morgan fingerprint density at radius 3 is 2.60 bits per heavy atom. The summed E-state index contributed by atoms with van der Waals surface area (Å²) in [5.41, 5.74) is 2.43. The van der Waals surface area contributed by atoms with Gasteiger partial charge in [0.1, 0.15) is 0 Å². The molecule has 3 rings (SSSR count). The number of aliphatic carboxylic acids is 1. The SMILES string of the molecule is O=C(O)CC1(c2ccccc2CN2CCOCC2)CC1. The first-order valence-corrected chi connectivity index (χ1v) is 7.30. The van der Waals surface area contributed by atoms with Crippen LogP contribution in [0.4, 0.5) is 0 Å². The molecule has 1 N–H and O–H groups in total. The molecule has 0 bridgehead atoms. The van der Waals surface area contributed by atoms with Crippen molar-refractivity contribution in [2.24, 2.45) is 0 Å². The van der Waals surface area contributed by atoms with Crippen molar-refractivity contribution in [3.05, 3.63) is 35.4 Å². The zero-order chi connectivity index (χ0) is 14.0. The standard InChI is InChI=1S/C16H21NO3/c18-15(19)11-16(5-6-16)14-4-2-1-3-13(14)12-17-7-9-20-10-8-17/h1-4H,5-12H2,(H,18,19). The van der Waals surface area contributed by atoms with E-state index in [1.165, 1.54) is 11.1 Å². The summed E-state index contributed by atoms with van der Waals surface area (Å²) in [6, 6.07) is 8.34. The van der Waals surface area contributed by atoms with E-state index >= 15 is 0 Å². The van der Waals surface area contributed by atoms with Crippen LogP contribution in [0.25, 0.3) is 0 Å². The van der Waals surface area contributed by atoms with E-state index in [9.17, 15) is 4.79 Å². The molecule has 4 nitrogen and oxygen atoms in total. The number of carboxylic acid groups (broad SMARTS) is 1. The Labute approximate surface area is 119 Å². The van der Waals surface area contributed by atoms with Gasteiger partial charge < -0.3 is 9.84 Å². The minimum absolute atomic E-state index is 0.102. The number of hydrogen-bond donors (Lipinski definition) is 1. The molecule has 0 atom stereocenters. The monoisotopic (exact) mass is 275 g/mol. The largest absolute Gasteiger partial charge is 0.481 e. The number of nitrogens with zero attached hydrogens (tertiary/aromatic N) is 1. The summed E-state index contributed by atoms with van der Waals surface area (Å²) in [5.74, 6) is -0.691. The molecule has 1 aromatic rings. The summed E-state index contributed by atoms with van der Waals surface area (Å²) in [7, 11) is 0. The van der Waals surface area contributed by atoms with Crippen LogP contribution >= 0.6 is 0 Å². The van der Waals surface area contributed by atoms with E-state index in [0.717, 1.165) is 45.7 Å². The Morgan fingerprint density at radius 1 is 1.25 bits per heavy atom. The normalized spacial score (nSPS) is 21.6. The maximum absolute atomic E-state index is 11.1. The first-order valence-electron chi connectivity index (χ1n) is 7.30. The summed E-state index contributed by atoms with van der Waals surface area (Å²) in [4.78, 5) is 13.5. The molecule has 1 aliphatic heterocycles. The molecule has 1 saturated carbocycles. The number of morpholine rings is 1. The van der Waals surface area contributed by atoms with Crippen molar-refractivity contribution in [1.29, 1.82) is 0 Å². The van der Waals surface area contributed by atoms with E-state index in [1.807, 2.05) is 6.07 Å². The number of benzene rings is 1. The molecular weight excluding hydrogens is 254 g/mol. The van der Waals surface area contributed by atoms with Crippen LogP contribution in [0.5, 0.6) is 0 Å². The average molecular weight is 275 g/mol. The maximum atomic E-state index is 11.1. The van der Waals surface area contributed by atoms with Crippen molar-refractivity contribution in [2.45, 2.75) is 31.2 Å². The van der Waals surface area contributed by atoms with Crippen LogP contribution in [-0.2, 0) is 21.5 Å². The third kappa shape index (κ3) is 2.86. The number of rotatable bonds is 5. The highest BCUT2D eigenvalue weighted by atomic mass is 16.5. The first kappa shape index (κ1) is 13.6. The fourth-order valence-electron chi connectivity index (χ4n) is 3.16. The van der Waals surface area contributed by atoms with Gasteiger partial charge in [0.2, 0.25) is 0 Å². The second-order valence-corrected chi connectivity index (χ2v) is 5.90. The molecule has 1 saturated heterocycles. The predicted octanol–water partition coefficient (Wildman–Crippen LogP) is 2.03. The molecule has 0 amide bonds. The molecule has 0 spiro atoms. The van der Waals surface area contributed by atoms with Gasteiger partial charge in [-0.05, 0) is 24.0 Å². The molecule has 1 aromatic carbocycles. The Kier molecular flexibility index (Phi) is 3.76. The van der Waals surface area contributed by atoms with Crippen molar-refractivity contribution in [3.8, 4) is 0 Å². The molecule has 4 heteroatoms. The van der Waals surface area contributed by atoms with Gasteiger partial charge in [-0.2, -0.15) is 0 Å². The van der Waals surface area contributed by atoms with Crippen LogP contribution in [0, 0.1) is 0 Å². The lowest BCUT2D eigenvalue weighted by Gasteiger charge is -2.28. The molecule has 0 radical (unpaired) electrons. The van der Waals surface area contributed by atoms with E-state index < -0.39 is 5.97 Å². The number of ether oxygens (including phenoxy) is 1. The number of carboxylic acids is 1. The molecular formula is C16H21NO3. The van der Waals surface area contributed by atoms with Crippen molar-refractivity contribution in [3.63, 3.8) is 0 Å². The van der Waals surface area contributed by atoms with Crippen LogP contribution in [0.2, 0.25) is 0 Å². The summed E-state index contributed by atoms with van der Waals surface area (Å²) in [6.07, 6.45) is 2.26. The van der Waals surface area contributed by atoms with Crippen LogP contribution < -0.4 is 0 Å². The Hall–Kier alpha value is -1.39. The number of carbonyl (C=O) groups is 1. The zero-order valence-corrected chi connectivity index (χ0v) is 11.7. The van der Waals surface area contributed by atoms with Crippen LogP contribution in [0.1, 0.15) is 30.4 Å². The van der Waals surface area contributed by atoms with Gasteiger partial charge in [0.25, 0.3) is 0 Å². The van der Waals surface area contributed by atoms with Crippen molar-refractivity contribution in [2.75, 3.05) is 26.3 Å². The molecule has 0 aromatic heterocycles. The third-order valence-corrected chi connectivity index (χ3v) is 4.43. The molecule has 108 valence electrons. The topological polar surface area (TPSA) is 49.8 Å². The maximum Gasteiger partial charge on any atom is 0.304 e. The van der Waals surface area contributed by atoms with Crippen molar-refractivity contribution in [1.82, 2.24) is 4.90 Å². The van der Waals surface area contributed by atoms with Crippen LogP contribution in [-0.4, -0.2) is 42.3 Å². The lowest BCUT2D eigenvalue weighted by Crippen LogP contribution is -2.36. The summed E-state index contributed by atoms with van der Waals surface area (Å²) < 4.78 is 5.38. The van der Waals surface area contributed by atoms with Crippen molar-refractivity contribution >= 4 is 5.97 Å². The fraction of sp³-hybridized carbons (Fsp3) is 0.562. The van der Waals surface area contributed by atoms with Crippen LogP contribution in [0.3, 0.4) is 0 Å². The Morgan fingerprint density at radius 2 is 1.95 bits per heavy atom. The molecule has 1 heterocycles. The van der Waals surface area contributed by atoms with Crippen molar-refractivity contribution < 1.29 is 14.6 Å². The van der Waals surface area contributed by atoms with Gasteiger partial charge in [0, 0.05) is 25.0 Å². The minimum atomic E-state index is -0.691. The highest BCUT2D eigenvalue weighted by Crippen LogP contribution is 2.52. The van der Waals surface area contributed by atoms with Gasteiger partial charge in [-0.25, -0.2) is 0 Å². The van der Waals surface area contributed by atoms with Gasteiger partial charge in [-0.1, -0.05) is 24.3 Å². The third-order valence-electron chi connectivity index (χ3n) is 4.43. The van der Waals surface area contributed by atoms with Crippen LogP contribution in [0.15, 0.2) is 24.3 Å².